The molecular formula is C27H32N2O5. The van der Waals surface area contributed by atoms with Crippen molar-refractivity contribution in [2.24, 2.45) is 5.92 Å². The van der Waals surface area contributed by atoms with Gasteiger partial charge in [0.2, 0.25) is 5.91 Å². The first-order chi connectivity index (χ1) is 16.2. The molecule has 1 fully saturated rings. The van der Waals surface area contributed by atoms with Crippen molar-refractivity contribution in [3.8, 4) is 11.1 Å². The molecule has 7 nitrogen and oxygen atoms in total. The molecule has 0 heterocycles. The summed E-state index contributed by atoms with van der Waals surface area (Å²) in [6.45, 7) is 3.92. The first-order valence-corrected chi connectivity index (χ1v) is 11.9. The molecule has 0 bridgehead atoms. The molecule has 1 atom stereocenters. The molecule has 0 saturated heterocycles. The summed E-state index contributed by atoms with van der Waals surface area (Å²) in [4.78, 5) is 36.0. The maximum Gasteiger partial charge on any atom is 0.407 e. The SMILES string of the molecule is CC(C)(CCC(=O)NC(CC(=O)O)C1CC1)NC(=O)OCC1c2ccccc2-c2ccccc21. The summed E-state index contributed by atoms with van der Waals surface area (Å²) >= 11 is 0. The molecule has 0 radical (unpaired) electrons. The van der Waals surface area contributed by atoms with E-state index in [1.165, 1.54) is 11.1 Å². The zero-order valence-corrected chi connectivity index (χ0v) is 19.7. The summed E-state index contributed by atoms with van der Waals surface area (Å²) in [7, 11) is 0. The lowest BCUT2D eigenvalue weighted by Gasteiger charge is -2.26. The van der Waals surface area contributed by atoms with Gasteiger partial charge in [0.15, 0.2) is 0 Å². The van der Waals surface area contributed by atoms with Gasteiger partial charge in [-0.15, -0.1) is 0 Å². The van der Waals surface area contributed by atoms with Crippen LogP contribution in [-0.2, 0) is 14.3 Å². The number of carboxylic acids is 1. The van der Waals surface area contributed by atoms with Crippen molar-refractivity contribution in [1.29, 1.82) is 0 Å². The molecule has 4 rings (SSSR count). The number of carboxylic acid groups (broad SMARTS) is 1. The minimum atomic E-state index is -0.908. The first kappa shape index (κ1) is 23.8. The molecule has 0 aliphatic heterocycles. The highest BCUT2D eigenvalue weighted by atomic mass is 16.5. The zero-order chi connectivity index (χ0) is 24.3. The van der Waals surface area contributed by atoms with Gasteiger partial charge >= 0.3 is 12.1 Å². The average molecular weight is 465 g/mol. The van der Waals surface area contributed by atoms with Crippen LogP contribution in [0.5, 0.6) is 0 Å². The van der Waals surface area contributed by atoms with Gasteiger partial charge in [-0.2, -0.15) is 0 Å². The molecule has 2 aliphatic rings. The van der Waals surface area contributed by atoms with Crippen molar-refractivity contribution in [2.45, 2.75) is 63.5 Å². The fourth-order valence-corrected chi connectivity index (χ4v) is 4.70. The van der Waals surface area contributed by atoms with Crippen LogP contribution in [0, 0.1) is 5.92 Å². The molecule has 180 valence electrons. The molecule has 1 unspecified atom stereocenters. The van der Waals surface area contributed by atoms with E-state index in [9.17, 15) is 14.4 Å². The molecule has 34 heavy (non-hydrogen) atoms. The second kappa shape index (κ2) is 9.87. The fraction of sp³-hybridized carbons (Fsp3) is 0.444. The van der Waals surface area contributed by atoms with E-state index in [1.807, 2.05) is 38.1 Å². The number of nitrogens with one attached hydrogen (secondary N) is 2. The summed E-state index contributed by atoms with van der Waals surface area (Å²) in [6.07, 6.45) is 1.93. The number of fused-ring (bicyclic) bond motifs is 3. The van der Waals surface area contributed by atoms with Crippen LogP contribution in [0.25, 0.3) is 11.1 Å². The van der Waals surface area contributed by atoms with Crippen molar-refractivity contribution < 1.29 is 24.2 Å². The zero-order valence-electron chi connectivity index (χ0n) is 19.7. The number of carbonyl (C=O) groups excluding carboxylic acids is 2. The van der Waals surface area contributed by atoms with E-state index in [2.05, 4.69) is 34.9 Å². The molecule has 0 spiro atoms. The second-order valence-electron chi connectivity index (χ2n) is 9.94. The summed E-state index contributed by atoms with van der Waals surface area (Å²) < 4.78 is 5.61. The van der Waals surface area contributed by atoms with Gasteiger partial charge in [-0.05, 0) is 61.3 Å². The Kier molecular flexibility index (Phi) is 6.91. The molecule has 7 heteroatoms. The van der Waals surface area contributed by atoms with E-state index in [1.54, 1.807) is 0 Å². The highest BCUT2D eigenvalue weighted by Crippen LogP contribution is 2.44. The maximum absolute atomic E-state index is 12.6. The Morgan fingerprint density at radius 2 is 1.62 bits per heavy atom. The Morgan fingerprint density at radius 1 is 1.03 bits per heavy atom. The molecule has 2 amide bonds. The molecule has 2 aromatic carbocycles. The Labute approximate surface area is 199 Å². The van der Waals surface area contributed by atoms with Crippen LogP contribution in [0.15, 0.2) is 48.5 Å². The van der Waals surface area contributed by atoms with E-state index in [4.69, 9.17) is 9.84 Å². The predicted molar refractivity (Wildman–Crippen MR) is 128 cm³/mol. The summed E-state index contributed by atoms with van der Waals surface area (Å²) in [5.74, 6) is -0.859. The van der Waals surface area contributed by atoms with E-state index < -0.39 is 17.6 Å². The van der Waals surface area contributed by atoms with E-state index in [0.717, 1.165) is 24.0 Å². The van der Waals surface area contributed by atoms with Crippen molar-refractivity contribution in [3.05, 3.63) is 59.7 Å². The number of hydrogen-bond acceptors (Lipinski definition) is 4. The maximum atomic E-state index is 12.6. The van der Waals surface area contributed by atoms with Gasteiger partial charge in [0.05, 0.1) is 6.42 Å². The number of hydrogen-bond donors (Lipinski definition) is 3. The van der Waals surface area contributed by atoms with Crippen molar-refractivity contribution in [2.75, 3.05) is 6.61 Å². The van der Waals surface area contributed by atoms with Gasteiger partial charge in [0.25, 0.3) is 0 Å². The molecule has 1 saturated carbocycles. The van der Waals surface area contributed by atoms with Gasteiger partial charge in [-0.1, -0.05) is 48.5 Å². The van der Waals surface area contributed by atoms with Crippen LogP contribution in [0.3, 0.4) is 0 Å². The van der Waals surface area contributed by atoms with Crippen molar-refractivity contribution in [1.82, 2.24) is 10.6 Å². The molecule has 0 aromatic heterocycles. The van der Waals surface area contributed by atoms with Gasteiger partial charge in [-0.25, -0.2) is 4.79 Å². The number of ether oxygens (including phenoxy) is 1. The minimum Gasteiger partial charge on any atom is -0.481 e. The third-order valence-corrected chi connectivity index (χ3v) is 6.69. The molecule has 2 aliphatic carbocycles. The number of alkyl carbamates (subject to hydrolysis) is 1. The lowest BCUT2D eigenvalue weighted by Crippen LogP contribution is -2.45. The summed E-state index contributed by atoms with van der Waals surface area (Å²) in [6, 6.07) is 16.0. The molecule has 2 aromatic rings. The van der Waals surface area contributed by atoms with Crippen LogP contribution in [-0.4, -0.2) is 41.3 Å². The lowest BCUT2D eigenvalue weighted by atomic mass is 9.97. The monoisotopic (exact) mass is 464 g/mol. The van der Waals surface area contributed by atoms with Crippen LogP contribution >= 0.6 is 0 Å². The number of amides is 2. The first-order valence-electron chi connectivity index (χ1n) is 11.9. The highest BCUT2D eigenvalue weighted by molar-refractivity contribution is 5.79. The lowest BCUT2D eigenvalue weighted by molar-refractivity contribution is -0.137. The van der Waals surface area contributed by atoms with Crippen LogP contribution < -0.4 is 10.6 Å². The average Bonchev–Trinajstić information content (AvgIpc) is 3.59. The Hall–Kier alpha value is -3.35. The predicted octanol–water partition coefficient (Wildman–Crippen LogP) is 4.45. The second-order valence-corrected chi connectivity index (χ2v) is 9.94. The largest absolute Gasteiger partial charge is 0.481 e. The topological polar surface area (TPSA) is 105 Å². The van der Waals surface area contributed by atoms with Crippen LogP contribution in [0.1, 0.15) is 63.0 Å². The third-order valence-electron chi connectivity index (χ3n) is 6.69. The molecule has 3 N–H and O–H groups in total. The summed E-state index contributed by atoms with van der Waals surface area (Å²) in [5.41, 5.74) is 4.00. The number of benzene rings is 2. The Balaban J connectivity index is 1.27. The van der Waals surface area contributed by atoms with Gasteiger partial charge in [0.1, 0.15) is 6.61 Å². The van der Waals surface area contributed by atoms with Crippen molar-refractivity contribution in [3.63, 3.8) is 0 Å². The van der Waals surface area contributed by atoms with E-state index >= 15 is 0 Å². The quantitative estimate of drug-likeness (QED) is 0.482. The number of carbonyl (C=O) groups is 3. The van der Waals surface area contributed by atoms with Gasteiger partial charge in [0, 0.05) is 23.9 Å². The van der Waals surface area contributed by atoms with E-state index in [-0.39, 0.29) is 43.2 Å². The smallest absolute Gasteiger partial charge is 0.407 e. The number of rotatable bonds is 10. The Morgan fingerprint density at radius 3 is 2.18 bits per heavy atom. The van der Waals surface area contributed by atoms with Crippen molar-refractivity contribution >= 4 is 18.0 Å². The Bertz CT molecular complexity index is 1030. The van der Waals surface area contributed by atoms with Crippen LogP contribution in [0.4, 0.5) is 4.79 Å². The van der Waals surface area contributed by atoms with Gasteiger partial charge in [-0.3, -0.25) is 9.59 Å². The highest BCUT2D eigenvalue weighted by Gasteiger charge is 2.34. The fourth-order valence-electron chi connectivity index (χ4n) is 4.70. The normalized spacial score (nSPS) is 15.7. The number of aliphatic carboxylic acids is 1. The molecular weight excluding hydrogens is 432 g/mol. The minimum absolute atomic E-state index is 0.0133. The summed E-state index contributed by atoms with van der Waals surface area (Å²) in [5, 5.41) is 14.8. The third kappa shape index (κ3) is 5.76. The van der Waals surface area contributed by atoms with Gasteiger partial charge < -0.3 is 20.5 Å². The standard InChI is InChI=1S/C27H32N2O5/c1-27(2,14-13-24(30)28-23(15-25(31)32)17-11-12-17)29-26(33)34-16-22-20-9-5-3-7-18(20)19-8-4-6-10-21(19)22/h3-10,17,22-23H,11-16H2,1-2H3,(H,28,30)(H,29,33)(H,31,32). The van der Waals surface area contributed by atoms with Crippen LogP contribution in [0.2, 0.25) is 0 Å². The van der Waals surface area contributed by atoms with E-state index in [0.29, 0.717) is 6.42 Å².